The van der Waals surface area contributed by atoms with E-state index in [1.54, 1.807) is 66.8 Å². The molecular formula is C87H134BBrNO3S. The van der Waals surface area contributed by atoms with Crippen LogP contribution in [0.3, 0.4) is 0 Å². The predicted molar refractivity (Wildman–Crippen MR) is 427 cm³/mol. The third-order valence-electron chi connectivity index (χ3n) is 19.8. The van der Waals surface area contributed by atoms with Crippen LogP contribution in [0.1, 0.15) is 355 Å². The van der Waals surface area contributed by atoms with Crippen molar-refractivity contribution < 1.29 is 17.0 Å². The van der Waals surface area contributed by atoms with Crippen LogP contribution in [-0.4, -0.2) is 27.5 Å². The summed E-state index contributed by atoms with van der Waals surface area (Å²) >= 11 is 7.07. The quantitative estimate of drug-likeness (QED) is 0.0247. The molecule has 3 aliphatic rings. The van der Waals surface area contributed by atoms with Crippen molar-refractivity contribution in [1.29, 1.82) is 0 Å². The van der Waals surface area contributed by atoms with Crippen LogP contribution in [0, 0.1) is 0 Å². The molecule has 3 fully saturated rings. The number of ether oxygens (including phenoxy) is 3. The number of alkyl halides is 1. The van der Waals surface area contributed by atoms with Gasteiger partial charge in [-0.2, -0.15) is 0 Å². The van der Waals surface area contributed by atoms with Crippen molar-refractivity contribution in [2.24, 2.45) is 4.30 Å². The Bertz CT molecular complexity index is 2720. The number of rotatable bonds is 27. The standard InChI is InChI=1S/C20H33Br.C18H24O3.C18H30.C18H24.C12H18.CH4.BHNS/c1-9-15-18(12(4)5)16(10-2)20(14(8)21)17(11-3)19(15)13(6)7;1-4-10-16(13-7-19-13)11(5-2)18(15-9-21-15)12(6-3)17(10)14-8-20-14;2*1-7-13-14(8-2)16(10-4)18(12-6)17(11-5)15(13)9-3;1-4-10-7-11(5-2)9-12(6-3)8-10;;1-2-3/h12-14H,9-11H2,1-8H3;13-15H,4-9H2,1-3H3;7-12H2,1-6H3;7,10-11H,1,4-5,8-9,12H2,2-3,6H3;7-9H,4-6H2,1-3H3;1H4;3H/i;;;;;1D2;. The molecule has 0 aliphatic carbocycles. The van der Waals surface area contributed by atoms with Gasteiger partial charge in [-0.15, -0.1) is 0 Å². The van der Waals surface area contributed by atoms with Crippen molar-refractivity contribution in [1.82, 2.24) is 0 Å². The Labute approximate surface area is 597 Å². The van der Waals surface area contributed by atoms with E-state index in [2.05, 4.69) is 238 Å². The number of benzene rings is 5. The summed E-state index contributed by atoms with van der Waals surface area (Å²) in [6, 6.07) is 6.96. The molecule has 4 atom stereocenters. The first-order valence-corrected chi connectivity index (χ1v) is 38.3. The number of hydrogen-bond acceptors (Lipinski definition) is 5. The van der Waals surface area contributed by atoms with Gasteiger partial charge in [0.15, 0.2) is 0 Å². The number of aryl methyl sites for hydroxylation is 3. The molecule has 5 aromatic carbocycles. The van der Waals surface area contributed by atoms with E-state index in [-0.39, 0.29) is 7.38 Å². The molecule has 4 unspecified atom stereocenters. The van der Waals surface area contributed by atoms with Crippen LogP contribution in [0.15, 0.2) is 42.2 Å². The molecule has 0 bridgehead atoms. The molecule has 0 saturated carbocycles. The fraction of sp³-hybridized carbons (Fsp3) is 0.586. The Hall–Kier alpha value is -4.11. The van der Waals surface area contributed by atoms with E-state index >= 15 is 0 Å². The minimum absolute atomic E-state index is 0.250. The van der Waals surface area contributed by atoms with Gasteiger partial charge in [0.05, 0.1) is 19.8 Å². The van der Waals surface area contributed by atoms with Crippen molar-refractivity contribution >= 4 is 54.6 Å². The summed E-state index contributed by atoms with van der Waals surface area (Å²) < 4.78 is 31.5. The number of hydrogen-bond donors (Lipinski definition) is 1. The second-order valence-corrected chi connectivity index (χ2v) is 27.1. The molecule has 3 aliphatic heterocycles. The maximum atomic E-state index is 5.88. The van der Waals surface area contributed by atoms with E-state index < -0.39 is 0 Å². The summed E-state index contributed by atoms with van der Waals surface area (Å²) in [5.41, 5.74) is 40.9. The summed E-state index contributed by atoms with van der Waals surface area (Å²) in [6.45, 7) is 67.2. The Morgan fingerprint density at radius 1 is 0.404 bits per heavy atom. The molecule has 0 aromatic heterocycles. The number of thiol groups is 1. The zero-order valence-electron chi connectivity index (χ0n) is 66.2. The Balaban J connectivity index is 0.000000403. The van der Waals surface area contributed by atoms with Gasteiger partial charge in [0.1, 0.15) is 18.3 Å². The summed E-state index contributed by atoms with van der Waals surface area (Å²) in [5, 5.41) is 0. The van der Waals surface area contributed by atoms with Gasteiger partial charge < -0.3 is 14.2 Å². The van der Waals surface area contributed by atoms with Crippen LogP contribution >= 0.6 is 28.7 Å². The molecule has 0 N–H and O–H groups in total. The average molecular weight is 1370 g/mol. The third-order valence-corrected chi connectivity index (χ3v) is 20.3. The summed E-state index contributed by atoms with van der Waals surface area (Å²) in [5.74, 6) is 1.20. The van der Waals surface area contributed by atoms with Crippen LogP contribution in [0.25, 0.3) is 18.2 Å². The molecule has 3 saturated heterocycles. The Kier molecular flexibility index (Phi) is 37.9. The van der Waals surface area contributed by atoms with Gasteiger partial charge in [0.2, 0.25) is 0 Å². The second kappa shape index (κ2) is 43.3. The van der Waals surface area contributed by atoms with E-state index in [1.165, 1.54) is 122 Å². The molecular weight excluding hydrogens is 1230 g/mol. The predicted octanol–water partition coefficient (Wildman–Crippen LogP) is 25.2. The van der Waals surface area contributed by atoms with Crippen LogP contribution < -0.4 is 0 Å². The number of halogens is 1. The third kappa shape index (κ3) is 20.7. The normalized spacial score (nSPS) is 15.3. The van der Waals surface area contributed by atoms with Gasteiger partial charge in [-0.1, -0.05) is 232 Å². The Morgan fingerprint density at radius 3 is 0.713 bits per heavy atom. The second-order valence-electron chi connectivity index (χ2n) is 25.5. The zero-order chi connectivity index (χ0) is 72.7. The molecule has 8 rings (SSSR count). The minimum atomic E-state index is -0.250. The number of epoxide rings is 3. The van der Waals surface area contributed by atoms with Gasteiger partial charge in [0.25, 0.3) is 0 Å². The first-order chi connectivity index (χ1) is 46.1. The van der Waals surface area contributed by atoms with E-state index in [9.17, 15) is 0 Å². The topological polar surface area (TPSA) is 49.9 Å². The summed E-state index contributed by atoms with van der Waals surface area (Å²) in [6.07, 6.45) is 27.2. The first kappa shape index (κ1) is 82.3. The van der Waals surface area contributed by atoms with Crippen molar-refractivity contribution in [2.45, 2.75) is 317 Å². The van der Waals surface area contributed by atoms with Crippen LogP contribution in [-0.2, 0) is 130 Å². The maximum absolute atomic E-state index is 5.88. The van der Waals surface area contributed by atoms with E-state index in [4.69, 9.17) is 17.0 Å². The molecule has 0 amide bonds. The van der Waals surface area contributed by atoms with E-state index in [0.29, 0.717) is 35.0 Å². The summed E-state index contributed by atoms with van der Waals surface area (Å²) in [7, 11) is 4.09. The molecule has 1 radical (unpaired) electrons. The summed E-state index contributed by atoms with van der Waals surface area (Å²) in [4.78, 5) is 0.434. The van der Waals surface area contributed by atoms with Crippen molar-refractivity contribution in [3.05, 3.63) is 188 Å². The van der Waals surface area contributed by atoms with Crippen LogP contribution in [0.2, 0.25) is 0 Å². The number of nitrogens with zero attached hydrogens (tertiary/aromatic N) is 1. The fourth-order valence-electron chi connectivity index (χ4n) is 15.9. The van der Waals surface area contributed by atoms with Crippen molar-refractivity contribution in [3.63, 3.8) is 0 Å². The molecule has 3 heterocycles. The molecule has 5 aromatic rings. The van der Waals surface area contributed by atoms with Gasteiger partial charge in [-0.05, 0) is 285 Å². The van der Waals surface area contributed by atoms with E-state index in [0.717, 1.165) is 96.9 Å². The van der Waals surface area contributed by atoms with Crippen LogP contribution in [0.4, 0.5) is 0 Å². The van der Waals surface area contributed by atoms with Crippen molar-refractivity contribution in [2.75, 3.05) is 19.8 Å². The van der Waals surface area contributed by atoms with E-state index in [1.807, 2.05) is 18.2 Å². The molecule has 7 heteroatoms. The average Bonchev–Trinajstić information content (AvgIpc) is 1.52. The van der Waals surface area contributed by atoms with Crippen LogP contribution in [0.5, 0.6) is 0 Å². The van der Waals surface area contributed by atoms with Gasteiger partial charge in [-0.3, -0.25) is 0 Å². The first-order valence-electron chi connectivity index (χ1n) is 38.4. The van der Waals surface area contributed by atoms with Crippen molar-refractivity contribution in [3.8, 4) is 0 Å². The zero-order valence-corrected chi connectivity index (χ0v) is 66.7. The SMILES string of the molecule is C=Cc1c(CC)c(C=C)c(CC)c(C=C)c1CC.CCc1c(C(C)C)c(CC)c(C(C)Br)c(CC)c1C(C)C.CCc1c(C2CO2)c(CC)c(C2CO2)c(CC)c1C1CO1.CCc1c(CC)c(CC)c(CC)c(CC)c1CC.CCc1cc(CC)cc(CC)c1.[2H]C[2H].[B]=NS. The fourth-order valence-corrected chi connectivity index (χ4v) is 16.5. The molecule has 521 valence electrons. The molecule has 4 nitrogen and oxygen atoms in total. The monoisotopic (exact) mass is 1360 g/mol. The van der Waals surface area contributed by atoms with Gasteiger partial charge in [0, 0.05) is 7.57 Å². The van der Waals surface area contributed by atoms with Gasteiger partial charge >= 0.3 is 24.8 Å². The Morgan fingerprint density at radius 2 is 0.585 bits per heavy atom. The molecule has 0 spiro atoms. The van der Waals surface area contributed by atoms with Gasteiger partial charge in [-0.25, -0.2) is 0 Å². The molecule has 94 heavy (non-hydrogen) atoms.